The summed E-state index contributed by atoms with van der Waals surface area (Å²) in [6.07, 6.45) is 1.35. The largest absolute Gasteiger partial charge is 0.502 e. The second-order valence-corrected chi connectivity index (χ2v) is 6.43. The van der Waals surface area contributed by atoms with E-state index in [2.05, 4.69) is 9.98 Å². The van der Waals surface area contributed by atoms with Crippen molar-refractivity contribution in [3.63, 3.8) is 0 Å². The maximum absolute atomic E-state index is 10.9. The minimum atomic E-state index is -0.690. The van der Waals surface area contributed by atoms with Crippen LogP contribution in [0.4, 0.5) is 11.4 Å². The van der Waals surface area contributed by atoms with Crippen molar-refractivity contribution in [1.82, 2.24) is 4.98 Å². The SMILES string of the molecule is Cc1nc2ccc(N=Cc3cc(Cl)cc([N+](=O)[O-])c3O)cc2s1. The molecule has 23 heavy (non-hydrogen) atoms. The van der Waals surface area contributed by atoms with Crippen LogP contribution in [0.3, 0.4) is 0 Å². The second-order valence-electron chi connectivity index (χ2n) is 4.76. The van der Waals surface area contributed by atoms with E-state index in [4.69, 9.17) is 11.6 Å². The number of phenolic OH excluding ortho intramolecular Hbond substituents is 1. The van der Waals surface area contributed by atoms with Crippen molar-refractivity contribution < 1.29 is 10.0 Å². The van der Waals surface area contributed by atoms with Gasteiger partial charge in [-0.2, -0.15) is 0 Å². The molecule has 3 aromatic rings. The van der Waals surface area contributed by atoms with Gasteiger partial charge in [-0.3, -0.25) is 15.1 Å². The maximum Gasteiger partial charge on any atom is 0.312 e. The Kier molecular flexibility index (Phi) is 3.97. The molecule has 0 unspecified atom stereocenters. The molecule has 0 spiro atoms. The van der Waals surface area contributed by atoms with E-state index in [0.29, 0.717) is 5.69 Å². The molecule has 2 aromatic carbocycles. The van der Waals surface area contributed by atoms with Crippen molar-refractivity contribution in [2.24, 2.45) is 4.99 Å². The van der Waals surface area contributed by atoms with Crippen LogP contribution in [0.5, 0.6) is 5.75 Å². The van der Waals surface area contributed by atoms with Crippen molar-refractivity contribution in [1.29, 1.82) is 0 Å². The highest BCUT2D eigenvalue weighted by atomic mass is 35.5. The molecule has 0 radical (unpaired) electrons. The van der Waals surface area contributed by atoms with Crippen LogP contribution in [-0.4, -0.2) is 21.2 Å². The number of nitro groups is 1. The summed E-state index contributed by atoms with van der Waals surface area (Å²) in [4.78, 5) is 18.8. The Hall–Kier alpha value is -2.51. The van der Waals surface area contributed by atoms with E-state index in [1.165, 1.54) is 12.3 Å². The highest BCUT2D eigenvalue weighted by molar-refractivity contribution is 7.18. The Morgan fingerprint density at radius 1 is 1.39 bits per heavy atom. The Morgan fingerprint density at radius 3 is 2.91 bits per heavy atom. The Balaban J connectivity index is 1.99. The highest BCUT2D eigenvalue weighted by Crippen LogP contribution is 2.33. The van der Waals surface area contributed by atoms with Gasteiger partial charge in [-0.25, -0.2) is 4.98 Å². The molecule has 0 atom stereocenters. The van der Waals surface area contributed by atoms with Crippen molar-refractivity contribution in [2.45, 2.75) is 6.92 Å². The van der Waals surface area contributed by atoms with Crippen LogP contribution in [-0.2, 0) is 0 Å². The lowest BCUT2D eigenvalue weighted by Gasteiger charge is -2.01. The van der Waals surface area contributed by atoms with E-state index in [0.717, 1.165) is 21.3 Å². The molecule has 8 heteroatoms. The van der Waals surface area contributed by atoms with Crippen LogP contribution < -0.4 is 0 Å². The molecule has 0 aliphatic carbocycles. The van der Waals surface area contributed by atoms with Crippen LogP contribution in [0.1, 0.15) is 10.6 Å². The van der Waals surface area contributed by atoms with Crippen LogP contribution in [0.25, 0.3) is 10.2 Å². The minimum Gasteiger partial charge on any atom is -0.502 e. The van der Waals surface area contributed by atoms with E-state index in [9.17, 15) is 15.2 Å². The first-order valence-corrected chi connectivity index (χ1v) is 7.71. The number of halogens is 1. The molecule has 0 bridgehead atoms. The molecule has 0 aliphatic rings. The smallest absolute Gasteiger partial charge is 0.312 e. The monoisotopic (exact) mass is 347 g/mol. The van der Waals surface area contributed by atoms with E-state index in [1.54, 1.807) is 17.4 Å². The number of aromatic hydroxyl groups is 1. The summed E-state index contributed by atoms with van der Waals surface area (Å²) in [5, 5.41) is 21.9. The summed E-state index contributed by atoms with van der Waals surface area (Å²) in [5.41, 5.74) is 1.29. The zero-order valence-electron chi connectivity index (χ0n) is 11.9. The molecule has 0 saturated heterocycles. The van der Waals surface area contributed by atoms with E-state index >= 15 is 0 Å². The van der Waals surface area contributed by atoms with Gasteiger partial charge in [0.1, 0.15) is 0 Å². The number of aromatic nitrogens is 1. The number of hydrogen-bond donors (Lipinski definition) is 1. The number of nitro benzene ring substituents is 1. The van der Waals surface area contributed by atoms with E-state index < -0.39 is 16.4 Å². The average Bonchev–Trinajstić information content (AvgIpc) is 2.86. The summed E-state index contributed by atoms with van der Waals surface area (Å²) >= 11 is 7.40. The first-order chi connectivity index (χ1) is 10.9. The lowest BCUT2D eigenvalue weighted by Crippen LogP contribution is -1.92. The van der Waals surface area contributed by atoms with Crippen LogP contribution in [0, 0.1) is 17.0 Å². The predicted octanol–water partition coefficient (Wildman–Crippen LogP) is 4.62. The molecule has 0 amide bonds. The number of thiazole rings is 1. The maximum atomic E-state index is 10.9. The number of fused-ring (bicyclic) bond motifs is 1. The van der Waals surface area contributed by atoms with Gasteiger partial charge in [0.15, 0.2) is 0 Å². The first-order valence-electron chi connectivity index (χ1n) is 6.52. The molecule has 116 valence electrons. The minimum absolute atomic E-state index is 0.157. The van der Waals surface area contributed by atoms with Crippen molar-refractivity contribution in [3.8, 4) is 5.75 Å². The van der Waals surface area contributed by atoms with Gasteiger partial charge < -0.3 is 5.11 Å². The van der Waals surface area contributed by atoms with Gasteiger partial charge in [0.2, 0.25) is 5.75 Å². The lowest BCUT2D eigenvalue weighted by atomic mass is 10.2. The molecule has 1 aromatic heterocycles. The molecule has 0 saturated carbocycles. The fourth-order valence-corrected chi connectivity index (χ4v) is 3.18. The van der Waals surface area contributed by atoms with Gasteiger partial charge in [0, 0.05) is 22.9 Å². The summed E-state index contributed by atoms with van der Waals surface area (Å²) in [5.74, 6) is -0.460. The van der Waals surface area contributed by atoms with Crippen molar-refractivity contribution in [2.75, 3.05) is 0 Å². The Labute approximate surface area is 139 Å². The zero-order chi connectivity index (χ0) is 16.6. The summed E-state index contributed by atoms with van der Waals surface area (Å²) in [6, 6.07) is 8.02. The highest BCUT2D eigenvalue weighted by Gasteiger charge is 2.17. The third kappa shape index (κ3) is 3.15. The van der Waals surface area contributed by atoms with Gasteiger partial charge in [0.25, 0.3) is 0 Å². The lowest BCUT2D eigenvalue weighted by molar-refractivity contribution is -0.385. The van der Waals surface area contributed by atoms with Gasteiger partial charge in [-0.15, -0.1) is 11.3 Å². The molecule has 0 aliphatic heterocycles. The predicted molar refractivity (Wildman–Crippen MR) is 91.4 cm³/mol. The number of aryl methyl sites for hydroxylation is 1. The summed E-state index contributed by atoms with van der Waals surface area (Å²) in [6.45, 7) is 1.93. The summed E-state index contributed by atoms with van der Waals surface area (Å²) in [7, 11) is 0. The van der Waals surface area contributed by atoms with Crippen LogP contribution in [0.2, 0.25) is 5.02 Å². The van der Waals surface area contributed by atoms with Crippen LogP contribution in [0.15, 0.2) is 35.3 Å². The van der Waals surface area contributed by atoms with Gasteiger partial charge >= 0.3 is 5.69 Å². The molecular weight excluding hydrogens is 338 g/mol. The molecule has 6 nitrogen and oxygen atoms in total. The molecular formula is C15H10ClN3O3S. The molecule has 3 rings (SSSR count). The second kappa shape index (κ2) is 5.94. The van der Waals surface area contributed by atoms with Gasteiger partial charge in [-0.05, 0) is 31.2 Å². The topological polar surface area (TPSA) is 88.6 Å². The van der Waals surface area contributed by atoms with Crippen molar-refractivity contribution >= 4 is 50.7 Å². The number of phenols is 1. The van der Waals surface area contributed by atoms with E-state index in [-0.39, 0.29) is 10.6 Å². The standard InChI is InChI=1S/C15H10ClN3O3S/c1-8-18-12-3-2-11(6-14(12)23-8)17-7-9-4-10(16)5-13(15(9)20)19(21)22/h2-7,20H,1H3. The number of nitrogens with zero attached hydrogens (tertiary/aromatic N) is 3. The molecule has 0 fully saturated rings. The number of benzene rings is 2. The van der Waals surface area contributed by atoms with Crippen molar-refractivity contribution in [3.05, 3.63) is 56.0 Å². The van der Waals surface area contributed by atoms with Gasteiger partial charge in [0.05, 0.1) is 25.8 Å². The number of aliphatic imine (C=N–C) groups is 1. The third-order valence-electron chi connectivity index (χ3n) is 3.11. The average molecular weight is 348 g/mol. The van der Waals surface area contributed by atoms with Gasteiger partial charge in [-0.1, -0.05) is 11.6 Å². The fourth-order valence-electron chi connectivity index (χ4n) is 2.10. The molecule has 1 heterocycles. The molecule has 1 N–H and O–H groups in total. The van der Waals surface area contributed by atoms with E-state index in [1.807, 2.05) is 19.1 Å². The zero-order valence-corrected chi connectivity index (χ0v) is 13.4. The Morgan fingerprint density at radius 2 is 2.17 bits per heavy atom. The number of hydrogen-bond acceptors (Lipinski definition) is 6. The fraction of sp³-hybridized carbons (Fsp3) is 0.0667. The quantitative estimate of drug-likeness (QED) is 0.425. The number of rotatable bonds is 3. The Bertz CT molecular complexity index is 953. The first kappa shape index (κ1) is 15.4. The third-order valence-corrected chi connectivity index (χ3v) is 4.26. The summed E-state index contributed by atoms with van der Waals surface area (Å²) < 4.78 is 0.999. The normalized spacial score (nSPS) is 11.4. The van der Waals surface area contributed by atoms with Crippen LogP contribution >= 0.6 is 22.9 Å².